The first-order chi connectivity index (χ1) is 4.34. The third kappa shape index (κ3) is 1.39. The Morgan fingerprint density at radius 2 is 2.44 bits per heavy atom. The van der Waals surface area contributed by atoms with Crippen molar-refractivity contribution in [1.82, 2.24) is 10.2 Å². The van der Waals surface area contributed by atoms with Gasteiger partial charge in [-0.05, 0) is 18.6 Å². The number of rotatable bonds is 1. The fourth-order valence-corrected chi connectivity index (χ4v) is 0.820. The van der Waals surface area contributed by atoms with Gasteiger partial charge in [-0.25, -0.2) is 0 Å². The van der Waals surface area contributed by atoms with E-state index >= 15 is 0 Å². The van der Waals surface area contributed by atoms with Crippen molar-refractivity contribution in [1.29, 1.82) is 0 Å². The minimum atomic E-state index is 0.444. The van der Waals surface area contributed by atoms with Crippen molar-refractivity contribution in [3.63, 3.8) is 0 Å². The van der Waals surface area contributed by atoms with Gasteiger partial charge in [0.2, 0.25) is 0 Å². The van der Waals surface area contributed by atoms with E-state index in [1.54, 1.807) is 6.20 Å². The van der Waals surface area contributed by atoms with Crippen LogP contribution in [-0.2, 0) is 5.88 Å². The number of aromatic nitrogens is 2. The van der Waals surface area contributed by atoms with Gasteiger partial charge in [0, 0.05) is 6.20 Å². The third-order valence-electron chi connectivity index (χ3n) is 1.15. The second-order valence-electron chi connectivity index (χ2n) is 1.79. The van der Waals surface area contributed by atoms with Gasteiger partial charge >= 0.3 is 0 Å². The maximum Gasteiger partial charge on any atom is 0.0807 e. The largest absolute Gasteiger partial charge is 0.159 e. The van der Waals surface area contributed by atoms with E-state index in [2.05, 4.69) is 10.2 Å². The van der Waals surface area contributed by atoms with E-state index in [9.17, 15) is 0 Å². The highest BCUT2D eigenvalue weighted by atomic mass is 35.5. The lowest BCUT2D eigenvalue weighted by Crippen LogP contribution is -1.91. The minimum Gasteiger partial charge on any atom is -0.159 e. The fourth-order valence-electron chi connectivity index (χ4n) is 0.555. The van der Waals surface area contributed by atoms with Crippen molar-refractivity contribution in [2.24, 2.45) is 0 Å². The molecule has 1 aromatic rings. The lowest BCUT2D eigenvalue weighted by molar-refractivity contribution is 0.949. The number of hydrogen-bond donors (Lipinski definition) is 0. The lowest BCUT2D eigenvalue weighted by atomic mass is 10.3. The Labute approximate surface area is 58.9 Å². The highest BCUT2D eigenvalue weighted by molar-refractivity contribution is 6.16. The maximum absolute atomic E-state index is 5.53. The fraction of sp³-hybridized carbons (Fsp3) is 0.333. The van der Waals surface area contributed by atoms with Crippen LogP contribution in [0, 0.1) is 6.92 Å². The van der Waals surface area contributed by atoms with Gasteiger partial charge in [-0.1, -0.05) is 0 Å². The van der Waals surface area contributed by atoms with E-state index in [0.29, 0.717) is 5.88 Å². The summed E-state index contributed by atoms with van der Waals surface area (Å²) >= 11 is 5.53. The molecule has 0 unspecified atom stereocenters. The Morgan fingerprint density at radius 1 is 1.67 bits per heavy atom. The van der Waals surface area contributed by atoms with Gasteiger partial charge in [-0.15, -0.1) is 11.6 Å². The van der Waals surface area contributed by atoms with E-state index in [4.69, 9.17) is 11.6 Å². The molecule has 1 heterocycles. The van der Waals surface area contributed by atoms with Gasteiger partial charge in [0.1, 0.15) is 0 Å². The predicted molar refractivity (Wildman–Crippen MR) is 36.3 cm³/mol. The topological polar surface area (TPSA) is 25.8 Å². The highest BCUT2D eigenvalue weighted by Gasteiger charge is 1.94. The van der Waals surface area contributed by atoms with Crippen LogP contribution in [-0.4, -0.2) is 10.2 Å². The smallest absolute Gasteiger partial charge is 0.0807 e. The first kappa shape index (κ1) is 6.49. The molecule has 0 aliphatic heterocycles. The van der Waals surface area contributed by atoms with E-state index in [-0.39, 0.29) is 0 Å². The van der Waals surface area contributed by atoms with Crippen LogP contribution in [0.15, 0.2) is 12.3 Å². The zero-order chi connectivity index (χ0) is 6.69. The normalized spacial score (nSPS) is 9.56. The molecule has 2 nitrogen and oxygen atoms in total. The molecule has 0 bridgehead atoms. The van der Waals surface area contributed by atoms with Gasteiger partial charge in [0.15, 0.2) is 0 Å². The number of halogens is 1. The summed E-state index contributed by atoms with van der Waals surface area (Å²) in [4.78, 5) is 0. The number of hydrogen-bond acceptors (Lipinski definition) is 2. The summed E-state index contributed by atoms with van der Waals surface area (Å²) in [6, 6.07) is 1.89. The molecule has 1 aromatic heterocycles. The molecule has 0 atom stereocenters. The molecule has 48 valence electrons. The van der Waals surface area contributed by atoms with Crippen LogP contribution in [0.25, 0.3) is 0 Å². The van der Waals surface area contributed by atoms with Crippen LogP contribution in [0.1, 0.15) is 11.3 Å². The van der Waals surface area contributed by atoms with Crippen molar-refractivity contribution in [2.45, 2.75) is 12.8 Å². The molecular formula is C6H7ClN2. The molecule has 0 N–H and O–H groups in total. The molecule has 0 aliphatic rings. The quantitative estimate of drug-likeness (QED) is 0.556. The summed E-state index contributed by atoms with van der Waals surface area (Å²) in [6.07, 6.45) is 1.66. The molecule has 0 radical (unpaired) electrons. The van der Waals surface area contributed by atoms with E-state index in [1.807, 2.05) is 13.0 Å². The van der Waals surface area contributed by atoms with Crippen LogP contribution in [0.5, 0.6) is 0 Å². The van der Waals surface area contributed by atoms with Gasteiger partial charge in [-0.2, -0.15) is 10.2 Å². The second kappa shape index (κ2) is 2.78. The number of alkyl halides is 1. The predicted octanol–water partition coefficient (Wildman–Crippen LogP) is 1.52. The summed E-state index contributed by atoms with van der Waals surface area (Å²) in [5.41, 5.74) is 1.96. The monoisotopic (exact) mass is 142 g/mol. The first-order valence-electron chi connectivity index (χ1n) is 2.67. The van der Waals surface area contributed by atoms with E-state index < -0.39 is 0 Å². The van der Waals surface area contributed by atoms with Crippen LogP contribution in [0.4, 0.5) is 0 Å². The Hall–Kier alpha value is -0.630. The van der Waals surface area contributed by atoms with Crippen molar-refractivity contribution in [3.05, 3.63) is 23.5 Å². The summed E-state index contributed by atoms with van der Waals surface area (Å²) in [7, 11) is 0. The number of aryl methyl sites for hydroxylation is 1. The van der Waals surface area contributed by atoms with Crippen LogP contribution >= 0.6 is 11.6 Å². The van der Waals surface area contributed by atoms with E-state index in [1.165, 1.54) is 0 Å². The molecule has 0 spiro atoms. The molecular weight excluding hydrogens is 136 g/mol. The van der Waals surface area contributed by atoms with Crippen LogP contribution < -0.4 is 0 Å². The van der Waals surface area contributed by atoms with Crippen molar-refractivity contribution in [2.75, 3.05) is 0 Å². The average molecular weight is 143 g/mol. The highest BCUT2D eigenvalue weighted by Crippen LogP contribution is 2.03. The van der Waals surface area contributed by atoms with Crippen molar-refractivity contribution in [3.8, 4) is 0 Å². The van der Waals surface area contributed by atoms with Crippen LogP contribution in [0.2, 0.25) is 0 Å². The maximum atomic E-state index is 5.53. The summed E-state index contributed by atoms with van der Waals surface area (Å²) in [5, 5.41) is 7.50. The summed E-state index contributed by atoms with van der Waals surface area (Å²) < 4.78 is 0. The molecule has 0 aliphatic carbocycles. The Balaban J connectivity index is 3.01. The summed E-state index contributed by atoms with van der Waals surface area (Å²) in [6.45, 7) is 1.96. The lowest BCUT2D eigenvalue weighted by Gasteiger charge is -1.94. The van der Waals surface area contributed by atoms with Crippen molar-refractivity contribution < 1.29 is 0 Å². The summed E-state index contributed by atoms with van der Waals surface area (Å²) in [5.74, 6) is 0.444. The van der Waals surface area contributed by atoms with Gasteiger partial charge in [0.25, 0.3) is 0 Å². The standard InChI is InChI=1S/C6H7ClN2/c1-5-2-3-8-9-6(5)4-7/h2-3H,4H2,1H3. The first-order valence-corrected chi connectivity index (χ1v) is 3.21. The van der Waals surface area contributed by atoms with Gasteiger partial charge in [-0.3, -0.25) is 0 Å². The zero-order valence-corrected chi connectivity index (χ0v) is 5.89. The number of nitrogens with zero attached hydrogens (tertiary/aromatic N) is 2. The molecule has 9 heavy (non-hydrogen) atoms. The van der Waals surface area contributed by atoms with Gasteiger partial charge < -0.3 is 0 Å². The second-order valence-corrected chi connectivity index (χ2v) is 2.06. The minimum absolute atomic E-state index is 0.444. The van der Waals surface area contributed by atoms with E-state index in [0.717, 1.165) is 11.3 Å². The Kier molecular flexibility index (Phi) is 2.01. The molecule has 0 saturated carbocycles. The Morgan fingerprint density at radius 3 is 2.89 bits per heavy atom. The SMILES string of the molecule is Cc1ccnnc1CCl. The molecule has 0 amide bonds. The van der Waals surface area contributed by atoms with Crippen LogP contribution in [0.3, 0.4) is 0 Å². The molecule has 3 heteroatoms. The third-order valence-corrected chi connectivity index (χ3v) is 1.40. The Bertz CT molecular complexity index is 200. The van der Waals surface area contributed by atoms with Gasteiger partial charge in [0.05, 0.1) is 11.6 Å². The van der Waals surface area contributed by atoms with Crippen molar-refractivity contribution >= 4 is 11.6 Å². The zero-order valence-electron chi connectivity index (χ0n) is 5.13. The molecule has 0 aromatic carbocycles. The average Bonchev–Trinajstić information content (AvgIpc) is 1.89. The molecule has 1 rings (SSSR count). The molecule has 0 saturated heterocycles. The molecule has 0 fully saturated rings.